The van der Waals surface area contributed by atoms with Gasteiger partial charge in [-0.2, -0.15) is 13.2 Å². The number of anilines is 1. The maximum absolute atomic E-state index is 12.9. The number of carbonyl (C=O) groups excluding carboxylic acids is 1. The predicted molar refractivity (Wildman–Crippen MR) is 77.5 cm³/mol. The summed E-state index contributed by atoms with van der Waals surface area (Å²) in [6.07, 6.45) is -4.65. The van der Waals surface area contributed by atoms with Crippen LogP contribution in [0.3, 0.4) is 0 Å². The first-order valence-electron chi connectivity index (χ1n) is 5.61. The van der Waals surface area contributed by atoms with E-state index in [1.165, 1.54) is 6.07 Å². The minimum absolute atomic E-state index is 0.344. The van der Waals surface area contributed by atoms with Crippen LogP contribution in [0, 0.1) is 13.7 Å². The van der Waals surface area contributed by atoms with Crippen molar-refractivity contribution in [2.45, 2.75) is 6.18 Å². The number of nitrogens with one attached hydrogen (secondary N) is 1. The van der Waals surface area contributed by atoms with Crippen molar-refractivity contribution in [3.05, 3.63) is 55.3 Å². The SMILES string of the molecule is O=C(Nc1ccc(I)cc1C(F)(F)F)c1ccc([N+](=O)[O-])o1. The average molecular weight is 426 g/mol. The molecule has 0 saturated carbocycles. The first-order chi connectivity index (χ1) is 10.2. The van der Waals surface area contributed by atoms with Crippen molar-refractivity contribution < 1.29 is 27.3 Å². The van der Waals surface area contributed by atoms with Gasteiger partial charge in [0.05, 0.1) is 17.3 Å². The smallest absolute Gasteiger partial charge is 0.395 e. The number of rotatable bonds is 3. The molecule has 0 aliphatic heterocycles. The number of carbonyl (C=O) groups is 1. The number of alkyl halides is 3. The molecule has 0 saturated heterocycles. The van der Waals surface area contributed by atoms with Crippen molar-refractivity contribution in [2.75, 3.05) is 5.32 Å². The topological polar surface area (TPSA) is 85.4 Å². The van der Waals surface area contributed by atoms with Crippen LogP contribution in [0.2, 0.25) is 0 Å². The molecule has 0 bridgehead atoms. The lowest BCUT2D eigenvalue weighted by molar-refractivity contribution is -0.402. The summed E-state index contributed by atoms with van der Waals surface area (Å²) in [5, 5.41) is 12.5. The van der Waals surface area contributed by atoms with Crippen molar-refractivity contribution in [1.82, 2.24) is 0 Å². The monoisotopic (exact) mass is 426 g/mol. The molecule has 2 rings (SSSR count). The molecule has 1 N–H and O–H groups in total. The van der Waals surface area contributed by atoms with Crippen LogP contribution in [0.5, 0.6) is 0 Å². The van der Waals surface area contributed by atoms with Gasteiger partial charge in [0.1, 0.15) is 4.92 Å². The molecule has 0 fully saturated rings. The Morgan fingerprint density at radius 2 is 1.95 bits per heavy atom. The zero-order chi connectivity index (χ0) is 16.5. The van der Waals surface area contributed by atoms with Gasteiger partial charge >= 0.3 is 12.1 Å². The third-order valence-electron chi connectivity index (χ3n) is 2.53. The number of hydrogen-bond donors (Lipinski definition) is 1. The zero-order valence-corrected chi connectivity index (χ0v) is 12.6. The number of furan rings is 1. The van der Waals surface area contributed by atoms with Gasteiger partial charge in [0.2, 0.25) is 0 Å². The van der Waals surface area contributed by atoms with Crippen LogP contribution in [0.25, 0.3) is 0 Å². The van der Waals surface area contributed by atoms with Gasteiger partial charge in [0, 0.05) is 3.57 Å². The van der Waals surface area contributed by atoms with Crippen LogP contribution in [0.4, 0.5) is 24.7 Å². The van der Waals surface area contributed by atoms with E-state index in [1.807, 2.05) is 5.32 Å². The van der Waals surface area contributed by atoms with E-state index in [-0.39, 0.29) is 0 Å². The Morgan fingerprint density at radius 1 is 1.27 bits per heavy atom. The Labute approximate surface area is 134 Å². The molecule has 1 aromatic carbocycles. The molecular formula is C12H6F3IN2O4. The molecule has 22 heavy (non-hydrogen) atoms. The molecule has 0 spiro atoms. The molecule has 2 aromatic rings. The third-order valence-corrected chi connectivity index (χ3v) is 3.20. The number of benzene rings is 1. The highest BCUT2D eigenvalue weighted by Crippen LogP contribution is 2.36. The van der Waals surface area contributed by atoms with Crippen LogP contribution < -0.4 is 5.32 Å². The van der Waals surface area contributed by atoms with Crippen molar-refractivity contribution in [3.8, 4) is 0 Å². The number of amides is 1. The Hall–Kier alpha value is -2.11. The summed E-state index contributed by atoms with van der Waals surface area (Å²) >= 11 is 1.71. The van der Waals surface area contributed by atoms with E-state index in [0.29, 0.717) is 3.57 Å². The summed E-state index contributed by atoms with van der Waals surface area (Å²) in [4.78, 5) is 21.4. The first kappa shape index (κ1) is 16.3. The fourth-order valence-corrected chi connectivity index (χ4v) is 2.08. The number of hydrogen-bond acceptors (Lipinski definition) is 4. The molecule has 0 unspecified atom stereocenters. The second-order valence-corrected chi connectivity index (χ2v) is 5.28. The molecule has 0 aliphatic carbocycles. The Bertz CT molecular complexity index is 742. The molecule has 0 radical (unpaired) electrons. The van der Waals surface area contributed by atoms with Crippen LogP contribution in [0.15, 0.2) is 34.7 Å². The highest BCUT2D eigenvalue weighted by molar-refractivity contribution is 14.1. The zero-order valence-electron chi connectivity index (χ0n) is 10.5. The van der Waals surface area contributed by atoms with E-state index >= 15 is 0 Å². The van der Waals surface area contributed by atoms with E-state index in [1.54, 1.807) is 22.6 Å². The van der Waals surface area contributed by atoms with Gasteiger partial charge in [-0.1, -0.05) is 0 Å². The van der Waals surface area contributed by atoms with Crippen LogP contribution in [-0.4, -0.2) is 10.8 Å². The van der Waals surface area contributed by atoms with E-state index in [9.17, 15) is 28.1 Å². The second-order valence-electron chi connectivity index (χ2n) is 4.04. The molecule has 116 valence electrons. The number of nitro groups is 1. The Morgan fingerprint density at radius 3 is 2.50 bits per heavy atom. The van der Waals surface area contributed by atoms with Gasteiger partial charge in [-0.15, -0.1) is 0 Å². The summed E-state index contributed by atoms with van der Waals surface area (Å²) in [6, 6.07) is 5.30. The Kier molecular flexibility index (Phi) is 4.39. The Balaban J connectivity index is 2.30. The molecule has 0 atom stereocenters. The lowest BCUT2D eigenvalue weighted by Gasteiger charge is -2.13. The largest absolute Gasteiger partial charge is 0.433 e. The van der Waals surface area contributed by atoms with Gasteiger partial charge < -0.3 is 9.73 Å². The molecule has 1 amide bonds. The fourth-order valence-electron chi connectivity index (χ4n) is 1.59. The summed E-state index contributed by atoms with van der Waals surface area (Å²) in [5.74, 6) is -2.15. The molecule has 0 aliphatic rings. The molecule has 10 heteroatoms. The van der Waals surface area contributed by atoms with Crippen LogP contribution in [0.1, 0.15) is 16.1 Å². The van der Waals surface area contributed by atoms with Crippen molar-refractivity contribution in [3.63, 3.8) is 0 Å². The predicted octanol–water partition coefficient (Wildman–Crippen LogP) is 4.06. The summed E-state index contributed by atoms with van der Waals surface area (Å²) in [7, 11) is 0. The lowest BCUT2D eigenvalue weighted by Crippen LogP contribution is -2.16. The van der Waals surface area contributed by atoms with Gasteiger partial charge in [0.25, 0.3) is 5.91 Å². The quantitative estimate of drug-likeness (QED) is 0.456. The van der Waals surface area contributed by atoms with Crippen molar-refractivity contribution in [2.24, 2.45) is 0 Å². The summed E-state index contributed by atoms with van der Waals surface area (Å²) in [5.41, 5.74) is -1.48. The molecule has 1 aromatic heterocycles. The van der Waals surface area contributed by atoms with Crippen LogP contribution >= 0.6 is 22.6 Å². The maximum atomic E-state index is 12.9. The van der Waals surface area contributed by atoms with Gasteiger partial charge in [-0.05, 0) is 46.9 Å². The highest BCUT2D eigenvalue weighted by Gasteiger charge is 2.34. The highest BCUT2D eigenvalue weighted by atomic mass is 127. The minimum atomic E-state index is -4.65. The van der Waals surface area contributed by atoms with E-state index in [2.05, 4.69) is 4.42 Å². The minimum Gasteiger partial charge on any atom is -0.395 e. The number of nitrogens with zero attached hydrogens (tertiary/aromatic N) is 1. The normalized spacial score (nSPS) is 11.3. The van der Waals surface area contributed by atoms with E-state index in [4.69, 9.17) is 0 Å². The van der Waals surface area contributed by atoms with E-state index in [0.717, 1.165) is 24.3 Å². The molecule has 1 heterocycles. The summed E-state index contributed by atoms with van der Waals surface area (Å²) in [6.45, 7) is 0. The molecule has 6 nitrogen and oxygen atoms in total. The lowest BCUT2D eigenvalue weighted by atomic mass is 10.1. The fraction of sp³-hybridized carbons (Fsp3) is 0.0833. The first-order valence-corrected chi connectivity index (χ1v) is 6.68. The average Bonchev–Trinajstić information content (AvgIpc) is 2.89. The summed E-state index contributed by atoms with van der Waals surface area (Å²) < 4.78 is 43.7. The standard InChI is InChI=1S/C12H6F3IN2O4/c13-12(14,15)7-5-6(16)1-2-8(7)17-11(19)9-3-4-10(22-9)18(20)21/h1-5H,(H,17,19). The second kappa shape index (κ2) is 5.94. The number of halogens is 4. The van der Waals surface area contributed by atoms with Gasteiger partial charge in [-0.3, -0.25) is 14.9 Å². The van der Waals surface area contributed by atoms with E-state index < -0.39 is 39.9 Å². The molecular weight excluding hydrogens is 420 g/mol. The van der Waals surface area contributed by atoms with Crippen molar-refractivity contribution in [1.29, 1.82) is 0 Å². The van der Waals surface area contributed by atoms with Crippen LogP contribution in [-0.2, 0) is 6.18 Å². The van der Waals surface area contributed by atoms with Crippen molar-refractivity contribution >= 4 is 40.1 Å². The third kappa shape index (κ3) is 3.55. The van der Waals surface area contributed by atoms with Gasteiger partial charge in [-0.25, -0.2) is 0 Å². The van der Waals surface area contributed by atoms with Gasteiger partial charge in [0.15, 0.2) is 5.76 Å². The maximum Gasteiger partial charge on any atom is 0.433 e.